The number of carbonyl (C=O) groups excluding carboxylic acids is 1. The van der Waals surface area contributed by atoms with Gasteiger partial charge in [-0.2, -0.15) is 0 Å². The molecule has 32 heavy (non-hydrogen) atoms. The Morgan fingerprint density at radius 2 is 1.88 bits per heavy atom. The Morgan fingerprint density at radius 3 is 2.62 bits per heavy atom. The van der Waals surface area contributed by atoms with E-state index in [1.165, 1.54) is 11.8 Å². The molecule has 0 saturated heterocycles. The summed E-state index contributed by atoms with van der Waals surface area (Å²) in [6, 6.07) is 21.7. The van der Waals surface area contributed by atoms with E-state index < -0.39 is 0 Å². The highest BCUT2D eigenvalue weighted by Gasteiger charge is 2.18. The van der Waals surface area contributed by atoms with Gasteiger partial charge in [-0.25, -0.2) is 0 Å². The largest absolute Gasteiger partial charge is 0.485 e. The molecule has 0 saturated carbocycles. The van der Waals surface area contributed by atoms with Crippen LogP contribution in [0.4, 0.5) is 0 Å². The number of nitrogens with zero attached hydrogens (tertiary/aromatic N) is 3. The summed E-state index contributed by atoms with van der Waals surface area (Å²) in [5.74, 6) is 1.69. The number of rotatable bonds is 9. The number of thiophene rings is 1. The summed E-state index contributed by atoms with van der Waals surface area (Å²) in [4.78, 5) is 13.6. The number of carbonyl (C=O) groups is 1. The molecule has 0 bridgehead atoms. The molecule has 1 unspecified atom stereocenters. The third-order valence-electron chi connectivity index (χ3n) is 4.84. The van der Waals surface area contributed by atoms with Crippen LogP contribution in [0.25, 0.3) is 5.69 Å². The van der Waals surface area contributed by atoms with Crippen LogP contribution in [0.1, 0.15) is 29.2 Å². The van der Waals surface area contributed by atoms with E-state index in [-0.39, 0.29) is 24.3 Å². The molecule has 0 spiro atoms. The number of para-hydroxylation sites is 2. The second-order valence-electron chi connectivity index (χ2n) is 7.22. The molecule has 8 heteroatoms. The van der Waals surface area contributed by atoms with E-state index in [2.05, 4.69) is 15.5 Å². The van der Waals surface area contributed by atoms with Gasteiger partial charge in [-0.3, -0.25) is 9.36 Å². The van der Waals surface area contributed by atoms with Crippen LogP contribution in [-0.2, 0) is 11.4 Å². The van der Waals surface area contributed by atoms with Crippen LogP contribution in [0, 0.1) is 6.92 Å². The molecule has 0 aliphatic rings. The van der Waals surface area contributed by atoms with Crippen molar-refractivity contribution in [3.63, 3.8) is 0 Å². The average Bonchev–Trinajstić information content (AvgIpc) is 3.48. The molecule has 6 nitrogen and oxygen atoms in total. The molecule has 0 aliphatic carbocycles. The average molecular weight is 465 g/mol. The first-order chi connectivity index (χ1) is 15.6. The predicted octanol–water partition coefficient (Wildman–Crippen LogP) is 5.19. The Kier molecular flexibility index (Phi) is 7.24. The van der Waals surface area contributed by atoms with Crippen LogP contribution < -0.4 is 10.1 Å². The summed E-state index contributed by atoms with van der Waals surface area (Å²) in [5, 5.41) is 14.4. The second-order valence-corrected chi connectivity index (χ2v) is 9.14. The molecule has 1 N–H and O–H groups in total. The number of benzene rings is 2. The van der Waals surface area contributed by atoms with Gasteiger partial charge in [-0.15, -0.1) is 21.5 Å². The molecule has 1 amide bonds. The lowest BCUT2D eigenvalue weighted by atomic mass is 10.2. The van der Waals surface area contributed by atoms with E-state index >= 15 is 0 Å². The highest BCUT2D eigenvalue weighted by molar-refractivity contribution is 7.99. The minimum atomic E-state index is -0.0452. The normalized spacial score (nSPS) is 11.8. The molecule has 2 aromatic carbocycles. The summed E-state index contributed by atoms with van der Waals surface area (Å²) in [6.07, 6.45) is 0. The minimum Gasteiger partial charge on any atom is -0.485 e. The van der Waals surface area contributed by atoms with Crippen molar-refractivity contribution < 1.29 is 9.53 Å². The molecule has 0 radical (unpaired) electrons. The molecule has 164 valence electrons. The van der Waals surface area contributed by atoms with Crippen molar-refractivity contribution in [3.8, 4) is 11.4 Å². The van der Waals surface area contributed by atoms with Gasteiger partial charge < -0.3 is 10.1 Å². The molecular formula is C24H24N4O2S2. The Morgan fingerprint density at radius 1 is 1.09 bits per heavy atom. The number of aromatic nitrogens is 3. The molecule has 2 aromatic heterocycles. The summed E-state index contributed by atoms with van der Waals surface area (Å²) < 4.78 is 7.95. The van der Waals surface area contributed by atoms with E-state index in [9.17, 15) is 4.79 Å². The first kappa shape index (κ1) is 22.1. The van der Waals surface area contributed by atoms with Gasteiger partial charge in [-0.05, 0) is 49.1 Å². The fourth-order valence-corrected chi connectivity index (χ4v) is 4.72. The molecule has 1 atom stereocenters. The summed E-state index contributed by atoms with van der Waals surface area (Å²) in [6.45, 7) is 4.27. The SMILES string of the molecule is Cc1ccccc1OCc1nnc(SCC(=O)NC(C)c2cccs2)n1-c1ccccc1. The zero-order valence-electron chi connectivity index (χ0n) is 17.9. The smallest absolute Gasteiger partial charge is 0.230 e. The molecule has 4 aromatic rings. The van der Waals surface area contributed by atoms with Gasteiger partial charge >= 0.3 is 0 Å². The third-order valence-corrected chi connectivity index (χ3v) is 6.83. The fraction of sp³-hybridized carbons (Fsp3) is 0.208. The standard InChI is InChI=1S/C24H24N4O2S2/c1-17-9-6-7-12-20(17)30-15-22-26-27-24(28(22)19-10-4-3-5-11-19)32-16-23(29)25-18(2)21-13-8-14-31-21/h3-14,18H,15-16H2,1-2H3,(H,25,29). The van der Waals surface area contributed by atoms with Crippen LogP contribution in [0.3, 0.4) is 0 Å². The fourth-order valence-electron chi connectivity index (χ4n) is 3.21. The van der Waals surface area contributed by atoms with Crippen LogP contribution in [0.2, 0.25) is 0 Å². The Bertz CT molecular complexity index is 1160. The number of aryl methyl sites for hydroxylation is 1. The van der Waals surface area contributed by atoms with Crippen molar-refractivity contribution in [1.29, 1.82) is 0 Å². The van der Waals surface area contributed by atoms with Gasteiger partial charge in [0.2, 0.25) is 5.91 Å². The summed E-state index contributed by atoms with van der Waals surface area (Å²) >= 11 is 2.99. The first-order valence-electron chi connectivity index (χ1n) is 10.3. The van der Waals surface area contributed by atoms with E-state index in [1.807, 2.05) is 90.5 Å². The van der Waals surface area contributed by atoms with Crippen molar-refractivity contribution in [1.82, 2.24) is 20.1 Å². The number of hydrogen-bond acceptors (Lipinski definition) is 6. The van der Waals surface area contributed by atoms with Crippen molar-refractivity contribution in [2.45, 2.75) is 31.7 Å². The number of nitrogens with one attached hydrogen (secondary N) is 1. The monoisotopic (exact) mass is 464 g/mol. The van der Waals surface area contributed by atoms with E-state index in [1.54, 1.807) is 11.3 Å². The van der Waals surface area contributed by atoms with Crippen LogP contribution >= 0.6 is 23.1 Å². The minimum absolute atomic E-state index is 0.0202. The Balaban J connectivity index is 1.48. The maximum Gasteiger partial charge on any atom is 0.230 e. The van der Waals surface area contributed by atoms with Gasteiger partial charge in [0.15, 0.2) is 11.0 Å². The van der Waals surface area contributed by atoms with Crippen LogP contribution in [0.15, 0.2) is 77.3 Å². The maximum absolute atomic E-state index is 12.5. The van der Waals surface area contributed by atoms with Gasteiger partial charge in [0.1, 0.15) is 12.4 Å². The number of hydrogen-bond donors (Lipinski definition) is 1. The van der Waals surface area contributed by atoms with Crippen molar-refractivity contribution in [2.75, 3.05) is 5.75 Å². The van der Waals surface area contributed by atoms with Crippen molar-refractivity contribution in [3.05, 3.63) is 88.4 Å². The predicted molar refractivity (Wildman–Crippen MR) is 128 cm³/mol. The maximum atomic E-state index is 12.5. The summed E-state index contributed by atoms with van der Waals surface area (Å²) in [5.41, 5.74) is 1.99. The highest BCUT2D eigenvalue weighted by atomic mass is 32.2. The van der Waals surface area contributed by atoms with Gasteiger partial charge in [-0.1, -0.05) is 54.2 Å². The van der Waals surface area contributed by atoms with Crippen molar-refractivity contribution in [2.24, 2.45) is 0 Å². The lowest BCUT2D eigenvalue weighted by molar-refractivity contribution is -0.119. The first-order valence-corrected chi connectivity index (χ1v) is 12.1. The van der Waals surface area contributed by atoms with Gasteiger partial charge in [0.25, 0.3) is 0 Å². The zero-order chi connectivity index (χ0) is 22.3. The number of amides is 1. The second kappa shape index (κ2) is 10.5. The van der Waals surface area contributed by atoms with E-state index in [0.717, 1.165) is 21.9 Å². The molecule has 4 rings (SSSR count). The summed E-state index contributed by atoms with van der Waals surface area (Å²) in [7, 11) is 0. The van der Waals surface area contributed by atoms with Crippen LogP contribution in [0.5, 0.6) is 5.75 Å². The van der Waals surface area contributed by atoms with E-state index in [4.69, 9.17) is 4.74 Å². The topological polar surface area (TPSA) is 69.0 Å². The van der Waals surface area contributed by atoms with E-state index in [0.29, 0.717) is 11.0 Å². The van der Waals surface area contributed by atoms with Gasteiger partial charge in [0.05, 0.1) is 11.8 Å². The lowest BCUT2D eigenvalue weighted by Gasteiger charge is -2.13. The molecular weight excluding hydrogens is 440 g/mol. The van der Waals surface area contributed by atoms with Crippen molar-refractivity contribution >= 4 is 29.0 Å². The van der Waals surface area contributed by atoms with Gasteiger partial charge in [0, 0.05) is 10.6 Å². The zero-order valence-corrected chi connectivity index (χ0v) is 19.5. The number of thioether (sulfide) groups is 1. The highest BCUT2D eigenvalue weighted by Crippen LogP contribution is 2.24. The quantitative estimate of drug-likeness (QED) is 0.346. The number of ether oxygens (including phenoxy) is 1. The molecule has 2 heterocycles. The molecule has 0 aliphatic heterocycles. The third kappa shape index (κ3) is 5.38. The molecule has 0 fully saturated rings. The Labute approximate surface area is 195 Å². The lowest BCUT2D eigenvalue weighted by Crippen LogP contribution is -2.27. The van der Waals surface area contributed by atoms with Crippen LogP contribution in [-0.4, -0.2) is 26.4 Å². The Hall–Kier alpha value is -3.10.